The van der Waals surface area contributed by atoms with E-state index in [-0.39, 0.29) is 18.3 Å². The minimum Gasteiger partial charge on any atom is -0.507 e. The van der Waals surface area contributed by atoms with Crippen LogP contribution >= 0.6 is 0 Å². The maximum Gasteiger partial charge on any atom is 0.206 e. The molecule has 0 aliphatic carbocycles. The van der Waals surface area contributed by atoms with E-state index in [1.165, 1.54) is 0 Å². The van der Waals surface area contributed by atoms with E-state index >= 15 is 0 Å². The predicted octanol–water partition coefficient (Wildman–Crippen LogP) is 1.78. The minimum absolute atomic E-state index is 0.170. The average molecular weight is 443 g/mol. The van der Waals surface area contributed by atoms with Gasteiger partial charge in [0, 0.05) is 24.8 Å². The van der Waals surface area contributed by atoms with Crippen LogP contribution in [-0.4, -0.2) is 57.0 Å². The zero-order chi connectivity index (χ0) is 22.8. The summed E-state index contributed by atoms with van der Waals surface area (Å²) in [7, 11) is 0. The maximum atomic E-state index is 10.3. The molecular formula is C24H26N8O. The number of hydrogen-bond acceptors (Lipinski definition) is 9. The second-order valence-electron chi connectivity index (χ2n) is 8.21. The molecule has 0 radical (unpaired) electrons. The number of hydrogen-bond donors (Lipinski definition) is 3. The molecule has 5 rings (SSSR count). The number of para-hydroxylation sites is 1. The number of fused-ring (bicyclic) bond motifs is 1. The molecule has 0 saturated carbocycles. The van der Waals surface area contributed by atoms with Crippen LogP contribution in [0.25, 0.3) is 11.3 Å². The number of phenolic OH excluding ortho intramolecular Hbond substituents is 1. The Morgan fingerprint density at radius 2 is 1.91 bits per heavy atom. The van der Waals surface area contributed by atoms with Crippen molar-refractivity contribution in [3.05, 3.63) is 48.4 Å². The molecule has 5 N–H and O–H groups in total. The van der Waals surface area contributed by atoms with Crippen molar-refractivity contribution in [1.29, 1.82) is 0 Å². The van der Waals surface area contributed by atoms with Crippen LogP contribution in [-0.2, 0) is 0 Å². The SMILES string of the molecule is NCC#Cc1nccc(N2CC[C@@H]3[C@H]2CCCN3c2cc(-c3ccccc3O)nnc2N)n1. The predicted molar refractivity (Wildman–Crippen MR) is 128 cm³/mol. The zero-order valence-electron chi connectivity index (χ0n) is 18.2. The van der Waals surface area contributed by atoms with Crippen molar-refractivity contribution in [2.45, 2.75) is 31.3 Å². The fraction of sp³-hybridized carbons (Fsp3) is 0.333. The molecule has 0 amide bonds. The van der Waals surface area contributed by atoms with E-state index in [1.807, 2.05) is 24.3 Å². The Bertz CT molecular complexity index is 1220. The number of nitrogens with zero attached hydrogens (tertiary/aromatic N) is 6. The summed E-state index contributed by atoms with van der Waals surface area (Å²) in [5, 5.41) is 18.7. The van der Waals surface area contributed by atoms with Crippen molar-refractivity contribution in [2.24, 2.45) is 5.73 Å². The highest BCUT2D eigenvalue weighted by Crippen LogP contribution is 2.39. The number of aromatic nitrogens is 4. The average Bonchev–Trinajstić information content (AvgIpc) is 3.28. The van der Waals surface area contributed by atoms with Gasteiger partial charge >= 0.3 is 0 Å². The van der Waals surface area contributed by atoms with Gasteiger partial charge in [-0.15, -0.1) is 10.2 Å². The van der Waals surface area contributed by atoms with Gasteiger partial charge in [0.05, 0.1) is 30.0 Å². The Morgan fingerprint density at radius 1 is 1.06 bits per heavy atom. The van der Waals surface area contributed by atoms with Crippen LogP contribution in [0.15, 0.2) is 42.6 Å². The van der Waals surface area contributed by atoms with Crippen molar-refractivity contribution < 1.29 is 5.11 Å². The van der Waals surface area contributed by atoms with Gasteiger partial charge in [0.2, 0.25) is 5.82 Å². The van der Waals surface area contributed by atoms with Gasteiger partial charge in [-0.2, -0.15) is 0 Å². The number of aromatic hydroxyl groups is 1. The first-order chi connectivity index (χ1) is 16.2. The summed E-state index contributed by atoms with van der Waals surface area (Å²) in [4.78, 5) is 13.6. The molecule has 2 aliphatic heterocycles. The standard InChI is InChI=1S/C24H26N8O/c25-11-3-8-22-27-12-9-23(28-22)32-14-10-19-18(32)6-4-13-31(19)20-15-17(29-30-24(20)26)16-5-1-2-7-21(16)33/h1-2,5,7,9,12,15,18-19,33H,4,6,10-11,13-14,25H2,(H2,26,30)/t18-,19-/m1/s1. The quantitative estimate of drug-likeness (QED) is 0.520. The summed E-state index contributed by atoms with van der Waals surface area (Å²) in [5.41, 5.74) is 13.9. The molecule has 2 aliphatic rings. The van der Waals surface area contributed by atoms with E-state index in [0.29, 0.717) is 28.9 Å². The molecule has 0 spiro atoms. The van der Waals surface area contributed by atoms with Crippen LogP contribution < -0.4 is 21.3 Å². The lowest BCUT2D eigenvalue weighted by Crippen LogP contribution is -2.50. The molecule has 0 unspecified atom stereocenters. The van der Waals surface area contributed by atoms with Crippen LogP contribution in [0.1, 0.15) is 25.1 Å². The molecule has 0 bridgehead atoms. The van der Waals surface area contributed by atoms with Gasteiger partial charge in [-0.05, 0) is 49.4 Å². The lowest BCUT2D eigenvalue weighted by molar-refractivity contribution is 0.433. The van der Waals surface area contributed by atoms with Gasteiger partial charge in [-0.25, -0.2) is 9.97 Å². The monoisotopic (exact) mass is 442 g/mol. The molecule has 9 heteroatoms. The Kier molecular flexibility index (Phi) is 5.67. The summed E-state index contributed by atoms with van der Waals surface area (Å²) in [5.74, 6) is 7.68. The highest BCUT2D eigenvalue weighted by molar-refractivity contribution is 5.74. The fourth-order valence-corrected chi connectivity index (χ4v) is 4.91. The molecule has 9 nitrogen and oxygen atoms in total. The topological polar surface area (TPSA) is 130 Å². The van der Waals surface area contributed by atoms with Crippen LogP contribution in [0.5, 0.6) is 5.75 Å². The molecule has 168 valence electrons. The van der Waals surface area contributed by atoms with Crippen molar-refractivity contribution in [2.75, 3.05) is 35.2 Å². The van der Waals surface area contributed by atoms with Gasteiger partial charge in [0.1, 0.15) is 11.6 Å². The smallest absolute Gasteiger partial charge is 0.206 e. The van der Waals surface area contributed by atoms with Crippen LogP contribution in [0, 0.1) is 11.8 Å². The molecule has 2 atom stereocenters. The summed E-state index contributed by atoms with van der Waals surface area (Å²) in [6.45, 7) is 2.06. The molecule has 2 fully saturated rings. The number of anilines is 3. The highest BCUT2D eigenvalue weighted by Gasteiger charge is 2.41. The third-order valence-electron chi connectivity index (χ3n) is 6.34. The first-order valence-electron chi connectivity index (χ1n) is 11.1. The summed E-state index contributed by atoms with van der Waals surface area (Å²) >= 11 is 0. The summed E-state index contributed by atoms with van der Waals surface area (Å²) < 4.78 is 0. The second-order valence-corrected chi connectivity index (χ2v) is 8.21. The van der Waals surface area contributed by atoms with E-state index < -0.39 is 0 Å². The van der Waals surface area contributed by atoms with Gasteiger partial charge in [0.25, 0.3) is 0 Å². The third kappa shape index (κ3) is 4.01. The van der Waals surface area contributed by atoms with Gasteiger partial charge in [-0.3, -0.25) is 0 Å². The first kappa shape index (κ1) is 21.0. The maximum absolute atomic E-state index is 10.3. The molecular weight excluding hydrogens is 416 g/mol. The Balaban J connectivity index is 1.44. The van der Waals surface area contributed by atoms with E-state index in [0.717, 1.165) is 43.9 Å². The summed E-state index contributed by atoms with van der Waals surface area (Å²) in [6.07, 6.45) is 4.82. The number of nitrogen functional groups attached to an aromatic ring is 1. The molecule has 2 saturated heterocycles. The second kappa shape index (κ2) is 8.92. The third-order valence-corrected chi connectivity index (χ3v) is 6.34. The van der Waals surface area contributed by atoms with Crippen molar-refractivity contribution in [3.8, 4) is 28.8 Å². The molecule has 4 heterocycles. The number of nitrogens with two attached hydrogens (primary N) is 2. The Hall–Kier alpha value is -3.90. The largest absolute Gasteiger partial charge is 0.507 e. The Morgan fingerprint density at radius 3 is 2.76 bits per heavy atom. The van der Waals surface area contributed by atoms with Gasteiger partial charge in [0.15, 0.2) is 5.82 Å². The van der Waals surface area contributed by atoms with E-state index in [2.05, 4.69) is 41.8 Å². The minimum atomic E-state index is 0.170. The molecule has 33 heavy (non-hydrogen) atoms. The molecule has 3 aromatic rings. The van der Waals surface area contributed by atoms with Crippen LogP contribution in [0.2, 0.25) is 0 Å². The first-order valence-corrected chi connectivity index (χ1v) is 11.1. The van der Waals surface area contributed by atoms with Crippen LogP contribution in [0.4, 0.5) is 17.3 Å². The van der Waals surface area contributed by atoms with Gasteiger partial charge < -0.3 is 26.4 Å². The zero-order valence-corrected chi connectivity index (χ0v) is 18.2. The van der Waals surface area contributed by atoms with Crippen LogP contribution in [0.3, 0.4) is 0 Å². The number of piperidine rings is 1. The summed E-state index contributed by atoms with van der Waals surface area (Å²) in [6, 6.07) is 11.6. The number of rotatable bonds is 3. The Labute approximate surface area is 192 Å². The normalized spacial score (nSPS) is 19.7. The number of benzene rings is 1. The molecule has 2 aromatic heterocycles. The lowest BCUT2D eigenvalue weighted by atomic mass is 9.96. The lowest BCUT2D eigenvalue weighted by Gasteiger charge is -2.41. The molecule has 1 aromatic carbocycles. The highest BCUT2D eigenvalue weighted by atomic mass is 16.3. The fourth-order valence-electron chi connectivity index (χ4n) is 4.91. The van der Waals surface area contributed by atoms with Gasteiger partial charge in [-0.1, -0.05) is 18.1 Å². The van der Waals surface area contributed by atoms with Crippen molar-refractivity contribution >= 4 is 17.3 Å². The van der Waals surface area contributed by atoms with E-state index in [4.69, 9.17) is 11.5 Å². The number of phenols is 1. The van der Waals surface area contributed by atoms with Crippen molar-refractivity contribution in [1.82, 2.24) is 20.2 Å². The van der Waals surface area contributed by atoms with Crippen molar-refractivity contribution in [3.63, 3.8) is 0 Å². The van der Waals surface area contributed by atoms with E-state index in [1.54, 1.807) is 18.3 Å². The van der Waals surface area contributed by atoms with E-state index in [9.17, 15) is 5.11 Å².